The van der Waals surface area contributed by atoms with E-state index in [1.54, 1.807) is 36.4 Å². The van der Waals surface area contributed by atoms with Gasteiger partial charge >= 0.3 is 0 Å². The fourth-order valence-corrected chi connectivity index (χ4v) is 4.14. The van der Waals surface area contributed by atoms with Crippen molar-refractivity contribution in [3.05, 3.63) is 61.9 Å². The van der Waals surface area contributed by atoms with Gasteiger partial charge in [-0.05, 0) is 67.6 Å². The predicted molar refractivity (Wildman–Crippen MR) is 123 cm³/mol. The molecule has 0 aromatic heterocycles. The van der Waals surface area contributed by atoms with Crippen molar-refractivity contribution in [2.45, 2.75) is 13.8 Å². The average molecular weight is 510 g/mol. The Morgan fingerprint density at radius 1 is 1.27 bits per heavy atom. The first-order chi connectivity index (χ1) is 14.3. The lowest BCUT2D eigenvalue weighted by atomic mass is 10.2. The molecule has 0 aliphatic carbocycles. The van der Waals surface area contributed by atoms with Gasteiger partial charge in [0.15, 0.2) is 0 Å². The van der Waals surface area contributed by atoms with Crippen molar-refractivity contribution < 1.29 is 19.1 Å². The molecule has 30 heavy (non-hydrogen) atoms. The van der Waals surface area contributed by atoms with Crippen molar-refractivity contribution in [2.24, 2.45) is 0 Å². The first kappa shape index (κ1) is 22.4. The molecule has 1 heterocycles. The zero-order valence-corrected chi connectivity index (χ0v) is 19.4. The van der Waals surface area contributed by atoms with Crippen LogP contribution >= 0.6 is 39.3 Å². The van der Waals surface area contributed by atoms with Crippen LogP contribution in [0.4, 0.5) is 10.5 Å². The Kier molecular flexibility index (Phi) is 7.23. The smallest absolute Gasteiger partial charge is 0.294 e. The molecule has 0 saturated carbocycles. The number of imide groups is 1. The molecule has 2 aromatic rings. The number of aryl methyl sites for hydroxylation is 1. The van der Waals surface area contributed by atoms with Crippen LogP contribution in [0.3, 0.4) is 0 Å². The molecule has 6 nitrogen and oxygen atoms in total. The summed E-state index contributed by atoms with van der Waals surface area (Å²) in [6.45, 7) is 3.76. The number of hydrogen-bond donors (Lipinski definition) is 1. The number of hydrogen-bond acceptors (Lipinski definition) is 5. The van der Waals surface area contributed by atoms with E-state index >= 15 is 0 Å². The van der Waals surface area contributed by atoms with Crippen molar-refractivity contribution in [2.75, 3.05) is 18.5 Å². The van der Waals surface area contributed by atoms with Gasteiger partial charge in [0.2, 0.25) is 5.91 Å². The summed E-state index contributed by atoms with van der Waals surface area (Å²) in [7, 11) is 0. The Labute approximate surface area is 191 Å². The number of halogens is 2. The van der Waals surface area contributed by atoms with E-state index in [9.17, 15) is 14.4 Å². The molecule has 0 atom stereocenters. The van der Waals surface area contributed by atoms with Crippen LogP contribution in [-0.4, -0.2) is 35.1 Å². The fourth-order valence-electron chi connectivity index (χ4n) is 2.76. The molecule has 156 valence electrons. The summed E-state index contributed by atoms with van der Waals surface area (Å²) in [5.41, 5.74) is 2.01. The second-order valence-corrected chi connectivity index (χ2v) is 8.74. The molecule has 9 heteroatoms. The molecule has 1 aliphatic heterocycles. The molecule has 1 saturated heterocycles. The number of rotatable bonds is 6. The molecule has 0 bridgehead atoms. The lowest BCUT2D eigenvalue weighted by Crippen LogP contribution is -2.36. The molecule has 0 unspecified atom stereocenters. The van der Waals surface area contributed by atoms with Crippen molar-refractivity contribution in [1.82, 2.24) is 4.90 Å². The number of anilines is 1. The molecule has 0 radical (unpaired) electrons. The molecule has 1 N–H and O–H groups in total. The highest BCUT2D eigenvalue weighted by molar-refractivity contribution is 9.10. The van der Waals surface area contributed by atoms with E-state index in [4.69, 9.17) is 16.3 Å². The zero-order chi connectivity index (χ0) is 21.8. The second kappa shape index (κ2) is 9.68. The first-order valence-corrected chi connectivity index (χ1v) is 11.0. The molecule has 3 amide bonds. The van der Waals surface area contributed by atoms with Gasteiger partial charge in [-0.25, -0.2) is 0 Å². The third-order valence-electron chi connectivity index (χ3n) is 4.21. The van der Waals surface area contributed by atoms with E-state index in [1.807, 2.05) is 19.9 Å². The quantitative estimate of drug-likeness (QED) is 0.522. The third-order valence-corrected chi connectivity index (χ3v) is 5.84. The minimum atomic E-state index is -0.523. The van der Waals surface area contributed by atoms with E-state index < -0.39 is 17.1 Å². The molecular weight excluding hydrogens is 492 g/mol. The second-order valence-electron chi connectivity index (χ2n) is 6.39. The highest BCUT2D eigenvalue weighted by Gasteiger charge is 2.36. The number of carbonyl (C=O) groups excluding carboxylic acids is 3. The molecule has 2 aromatic carbocycles. The first-order valence-electron chi connectivity index (χ1n) is 9.02. The number of benzene rings is 2. The topological polar surface area (TPSA) is 75.7 Å². The van der Waals surface area contributed by atoms with E-state index in [1.165, 1.54) is 0 Å². The molecule has 1 aliphatic rings. The summed E-state index contributed by atoms with van der Waals surface area (Å²) in [5, 5.41) is 2.67. The maximum Gasteiger partial charge on any atom is 0.294 e. The van der Waals surface area contributed by atoms with Gasteiger partial charge in [-0.2, -0.15) is 0 Å². The number of carbonyl (C=O) groups is 3. The van der Waals surface area contributed by atoms with E-state index in [0.717, 1.165) is 26.7 Å². The fraction of sp³-hybridized carbons (Fsp3) is 0.190. The third kappa shape index (κ3) is 5.24. The van der Waals surface area contributed by atoms with Crippen LogP contribution < -0.4 is 10.1 Å². The van der Waals surface area contributed by atoms with E-state index in [-0.39, 0.29) is 11.4 Å². The predicted octanol–water partition coefficient (Wildman–Crippen LogP) is 5.48. The van der Waals surface area contributed by atoms with Gasteiger partial charge in [0.25, 0.3) is 11.1 Å². The summed E-state index contributed by atoms with van der Waals surface area (Å²) >= 11 is 10.1. The summed E-state index contributed by atoms with van der Waals surface area (Å²) < 4.78 is 6.40. The minimum Gasteiger partial charge on any atom is -0.493 e. The summed E-state index contributed by atoms with van der Waals surface area (Å²) in [4.78, 5) is 38.7. The van der Waals surface area contributed by atoms with Crippen LogP contribution in [0.2, 0.25) is 5.02 Å². The average Bonchev–Trinajstić information content (AvgIpc) is 2.94. The maximum absolute atomic E-state index is 12.7. The lowest BCUT2D eigenvalue weighted by Gasteiger charge is -2.14. The van der Waals surface area contributed by atoms with Crippen molar-refractivity contribution in [1.29, 1.82) is 0 Å². The number of nitrogens with zero attached hydrogens (tertiary/aromatic N) is 1. The molecular formula is C21H18BrClN2O4S. The van der Waals surface area contributed by atoms with Crippen molar-refractivity contribution >= 4 is 68.1 Å². The van der Waals surface area contributed by atoms with Gasteiger partial charge in [0.1, 0.15) is 12.3 Å². The molecule has 1 fully saturated rings. The van der Waals surface area contributed by atoms with Crippen molar-refractivity contribution in [3.8, 4) is 5.75 Å². The Bertz CT molecular complexity index is 1060. The van der Waals surface area contributed by atoms with E-state index in [0.29, 0.717) is 28.6 Å². The number of ether oxygens (including phenoxy) is 1. The van der Waals surface area contributed by atoms with Gasteiger partial charge < -0.3 is 10.1 Å². The van der Waals surface area contributed by atoms with Gasteiger partial charge in [-0.15, -0.1) is 0 Å². The largest absolute Gasteiger partial charge is 0.493 e. The normalized spacial score (nSPS) is 15.1. The van der Waals surface area contributed by atoms with Crippen LogP contribution in [-0.2, 0) is 9.59 Å². The summed E-state index contributed by atoms with van der Waals surface area (Å²) in [5.74, 6) is -0.409. The van der Waals surface area contributed by atoms with Crippen LogP contribution in [0.25, 0.3) is 6.08 Å². The van der Waals surface area contributed by atoms with Crippen LogP contribution in [0.1, 0.15) is 18.1 Å². The van der Waals surface area contributed by atoms with E-state index in [2.05, 4.69) is 21.2 Å². The van der Waals surface area contributed by atoms with Crippen LogP contribution in [0.15, 0.2) is 45.8 Å². The zero-order valence-electron chi connectivity index (χ0n) is 16.2. The van der Waals surface area contributed by atoms with Crippen LogP contribution in [0.5, 0.6) is 5.75 Å². The number of amides is 3. The SMILES string of the molecule is CCOc1ccc(Br)cc1/C=C1/SC(=O)N(CC(=O)Nc2cc(Cl)ccc2C)C1=O. The Morgan fingerprint density at radius 3 is 2.77 bits per heavy atom. The molecule has 3 rings (SSSR count). The Balaban J connectivity index is 1.76. The van der Waals surface area contributed by atoms with Gasteiger partial charge in [0.05, 0.1) is 11.5 Å². The highest BCUT2D eigenvalue weighted by atomic mass is 79.9. The Hall–Kier alpha value is -2.29. The highest BCUT2D eigenvalue weighted by Crippen LogP contribution is 2.35. The molecule has 0 spiro atoms. The van der Waals surface area contributed by atoms with Crippen LogP contribution in [0, 0.1) is 6.92 Å². The van der Waals surface area contributed by atoms with Crippen molar-refractivity contribution in [3.63, 3.8) is 0 Å². The van der Waals surface area contributed by atoms with Gasteiger partial charge in [-0.3, -0.25) is 19.3 Å². The van der Waals surface area contributed by atoms with Gasteiger partial charge in [-0.1, -0.05) is 33.6 Å². The maximum atomic E-state index is 12.7. The standard InChI is InChI=1S/C21H18BrClN2O4S/c1-3-29-17-7-5-14(22)8-13(17)9-18-20(27)25(21(28)30-18)11-19(26)24-16-10-15(23)6-4-12(16)2/h4-10H,3,11H2,1-2H3,(H,24,26)/b18-9+. The number of thioether (sulfide) groups is 1. The summed E-state index contributed by atoms with van der Waals surface area (Å²) in [6, 6.07) is 10.5. The lowest BCUT2D eigenvalue weighted by molar-refractivity contribution is -0.127. The van der Waals surface area contributed by atoms with Gasteiger partial charge in [0, 0.05) is 20.7 Å². The summed E-state index contributed by atoms with van der Waals surface area (Å²) in [6.07, 6.45) is 1.60. The monoisotopic (exact) mass is 508 g/mol. The number of nitrogens with one attached hydrogen (secondary N) is 1. The Morgan fingerprint density at radius 2 is 2.03 bits per heavy atom. The minimum absolute atomic E-state index is 0.228.